The quantitative estimate of drug-likeness (QED) is 0.685. The molecule has 3 fully saturated rings. The molecule has 3 saturated carbocycles. The van der Waals surface area contributed by atoms with Crippen molar-refractivity contribution >= 4 is 5.78 Å². The van der Waals surface area contributed by atoms with Crippen LogP contribution in [0.5, 0.6) is 0 Å². The van der Waals surface area contributed by atoms with E-state index in [1.54, 1.807) is 0 Å². The second kappa shape index (κ2) is 5.97. The second-order valence-electron chi connectivity index (χ2n) is 7.69. The molecule has 108 valence electrons. The summed E-state index contributed by atoms with van der Waals surface area (Å²) in [5, 5.41) is 0. The minimum Gasteiger partial charge on any atom is -0.299 e. The van der Waals surface area contributed by atoms with E-state index in [0.717, 1.165) is 17.8 Å². The molecule has 1 nitrogen and oxygen atoms in total. The molecule has 0 heterocycles. The second-order valence-corrected chi connectivity index (χ2v) is 7.69. The van der Waals surface area contributed by atoms with Gasteiger partial charge in [0, 0.05) is 11.8 Å². The predicted molar refractivity (Wildman–Crippen MR) is 78.9 cm³/mol. The summed E-state index contributed by atoms with van der Waals surface area (Å²) in [6, 6.07) is 0. The van der Waals surface area contributed by atoms with Crippen LogP contribution in [0.15, 0.2) is 0 Å². The van der Waals surface area contributed by atoms with Gasteiger partial charge in [-0.15, -0.1) is 0 Å². The van der Waals surface area contributed by atoms with Crippen molar-refractivity contribution in [3.05, 3.63) is 0 Å². The summed E-state index contributed by atoms with van der Waals surface area (Å²) in [7, 11) is 0. The van der Waals surface area contributed by atoms with E-state index in [0.29, 0.717) is 17.6 Å². The maximum atomic E-state index is 12.8. The normalized spacial score (nSPS) is 43.5. The van der Waals surface area contributed by atoms with E-state index in [4.69, 9.17) is 0 Å². The zero-order valence-electron chi connectivity index (χ0n) is 12.6. The third kappa shape index (κ3) is 3.06. The summed E-state index contributed by atoms with van der Waals surface area (Å²) in [5.74, 6) is 4.19. The van der Waals surface area contributed by atoms with Gasteiger partial charge < -0.3 is 0 Å². The van der Waals surface area contributed by atoms with E-state index >= 15 is 0 Å². The van der Waals surface area contributed by atoms with Crippen molar-refractivity contribution in [1.82, 2.24) is 0 Å². The average molecular weight is 262 g/mol. The average Bonchev–Trinajstić information content (AvgIpc) is 2.46. The smallest absolute Gasteiger partial charge is 0.139 e. The first-order valence-electron chi connectivity index (χ1n) is 8.77. The van der Waals surface area contributed by atoms with Gasteiger partial charge in [0.15, 0.2) is 0 Å². The Morgan fingerprint density at radius 2 is 1.47 bits per heavy atom. The zero-order chi connectivity index (χ0) is 13.2. The van der Waals surface area contributed by atoms with Gasteiger partial charge in [0.1, 0.15) is 5.78 Å². The summed E-state index contributed by atoms with van der Waals surface area (Å²) >= 11 is 0. The van der Waals surface area contributed by atoms with Crippen LogP contribution < -0.4 is 0 Å². The predicted octanol–water partition coefficient (Wildman–Crippen LogP) is 4.99. The molecule has 1 heteroatoms. The van der Waals surface area contributed by atoms with Crippen LogP contribution in [-0.4, -0.2) is 5.78 Å². The summed E-state index contributed by atoms with van der Waals surface area (Å²) in [6.07, 6.45) is 14.5. The van der Waals surface area contributed by atoms with Crippen molar-refractivity contribution in [3.63, 3.8) is 0 Å². The summed E-state index contributed by atoms with van der Waals surface area (Å²) in [5.41, 5.74) is 0. The van der Waals surface area contributed by atoms with Crippen molar-refractivity contribution in [2.45, 2.75) is 77.6 Å². The molecule has 0 spiro atoms. The molecule has 19 heavy (non-hydrogen) atoms. The van der Waals surface area contributed by atoms with Gasteiger partial charge in [0.05, 0.1) is 0 Å². The number of hydrogen-bond donors (Lipinski definition) is 0. The highest BCUT2D eigenvalue weighted by Crippen LogP contribution is 2.44. The topological polar surface area (TPSA) is 17.1 Å². The molecule has 0 bridgehead atoms. The fourth-order valence-electron chi connectivity index (χ4n) is 5.16. The molecule has 0 aromatic carbocycles. The molecule has 0 aromatic rings. The first kappa shape index (κ1) is 13.6. The Hall–Kier alpha value is -0.330. The number of Topliss-reactive ketones (excluding diaryl/α,β-unsaturated/α-hetero) is 1. The molecule has 0 radical (unpaired) electrons. The van der Waals surface area contributed by atoms with Crippen molar-refractivity contribution < 1.29 is 4.79 Å². The van der Waals surface area contributed by atoms with Gasteiger partial charge in [-0.2, -0.15) is 0 Å². The Morgan fingerprint density at radius 3 is 2.26 bits per heavy atom. The lowest BCUT2D eigenvalue weighted by Gasteiger charge is -2.40. The summed E-state index contributed by atoms with van der Waals surface area (Å²) < 4.78 is 0. The highest BCUT2D eigenvalue weighted by atomic mass is 16.1. The Bertz CT molecular complexity index is 322. The Labute approximate surface area is 118 Å². The maximum Gasteiger partial charge on any atom is 0.139 e. The van der Waals surface area contributed by atoms with Gasteiger partial charge >= 0.3 is 0 Å². The Morgan fingerprint density at radius 1 is 0.737 bits per heavy atom. The third-order valence-electron chi connectivity index (χ3n) is 6.28. The first-order chi connectivity index (χ1) is 9.24. The number of rotatable bonds is 2. The van der Waals surface area contributed by atoms with Gasteiger partial charge in [-0.05, 0) is 49.9 Å². The molecule has 0 amide bonds. The van der Waals surface area contributed by atoms with Crippen molar-refractivity contribution in [3.8, 4) is 0 Å². The molecule has 3 aliphatic rings. The Balaban J connectivity index is 1.58. The van der Waals surface area contributed by atoms with Gasteiger partial charge in [-0.3, -0.25) is 4.79 Å². The van der Waals surface area contributed by atoms with Crippen molar-refractivity contribution in [2.24, 2.45) is 29.6 Å². The standard InChI is InChI=1S/C18H30O/c1-13-5-4-8-16(11-13)18(19)17-10-9-14-6-2-3-7-15(14)12-17/h13-17H,2-12H2,1H3. The molecule has 3 rings (SSSR count). The lowest BCUT2D eigenvalue weighted by Crippen LogP contribution is -2.35. The number of fused-ring (bicyclic) bond motifs is 1. The largest absolute Gasteiger partial charge is 0.299 e. The highest BCUT2D eigenvalue weighted by Gasteiger charge is 2.37. The van der Waals surface area contributed by atoms with Crippen LogP contribution in [0.3, 0.4) is 0 Å². The lowest BCUT2D eigenvalue weighted by molar-refractivity contribution is -0.130. The van der Waals surface area contributed by atoms with Gasteiger partial charge in [0.2, 0.25) is 0 Å². The number of carbonyl (C=O) groups is 1. The van der Waals surface area contributed by atoms with E-state index < -0.39 is 0 Å². The molecular formula is C18H30O. The molecule has 0 aromatic heterocycles. The van der Waals surface area contributed by atoms with Crippen LogP contribution in [-0.2, 0) is 4.79 Å². The monoisotopic (exact) mass is 262 g/mol. The fraction of sp³-hybridized carbons (Fsp3) is 0.944. The van der Waals surface area contributed by atoms with Gasteiger partial charge in [0.25, 0.3) is 0 Å². The van der Waals surface area contributed by atoms with E-state index in [9.17, 15) is 4.79 Å². The van der Waals surface area contributed by atoms with Crippen LogP contribution in [0.1, 0.15) is 77.6 Å². The van der Waals surface area contributed by atoms with Crippen LogP contribution in [0.4, 0.5) is 0 Å². The molecular weight excluding hydrogens is 232 g/mol. The van der Waals surface area contributed by atoms with Gasteiger partial charge in [-0.1, -0.05) is 45.4 Å². The highest BCUT2D eigenvalue weighted by molar-refractivity contribution is 5.83. The molecule has 0 aliphatic heterocycles. The Kier molecular flexibility index (Phi) is 4.29. The summed E-state index contributed by atoms with van der Waals surface area (Å²) in [6.45, 7) is 2.33. The number of hydrogen-bond acceptors (Lipinski definition) is 1. The molecule has 5 atom stereocenters. The third-order valence-corrected chi connectivity index (χ3v) is 6.28. The molecule has 5 unspecified atom stereocenters. The van der Waals surface area contributed by atoms with Crippen molar-refractivity contribution in [2.75, 3.05) is 0 Å². The molecule has 3 aliphatic carbocycles. The van der Waals surface area contributed by atoms with E-state index in [1.165, 1.54) is 70.6 Å². The molecule has 0 saturated heterocycles. The van der Waals surface area contributed by atoms with Crippen LogP contribution in [0.2, 0.25) is 0 Å². The van der Waals surface area contributed by atoms with E-state index in [1.807, 2.05) is 0 Å². The minimum atomic E-state index is 0.425. The zero-order valence-corrected chi connectivity index (χ0v) is 12.6. The number of carbonyl (C=O) groups excluding carboxylic acids is 1. The van der Waals surface area contributed by atoms with Crippen LogP contribution in [0.25, 0.3) is 0 Å². The fourth-order valence-corrected chi connectivity index (χ4v) is 5.16. The van der Waals surface area contributed by atoms with Crippen LogP contribution in [0, 0.1) is 29.6 Å². The number of ketones is 1. The van der Waals surface area contributed by atoms with E-state index in [-0.39, 0.29) is 0 Å². The summed E-state index contributed by atoms with van der Waals surface area (Å²) in [4.78, 5) is 12.8. The minimum absolute atomic E-state index is 0.425. The SMILES string of the molecule is CC1CCCC(C(=O)C2CCC3CCCCC3C2)C1. The lowest BCUT2D eigenvalue weighted by atomic mass is 9.64. The molecule has 0 N–H and O–H groups in total. The van der Waals surface area contributed by atoms with E-state index in [2.05, 4.69) is 6.92 Å². The maximum absolute atomic E-state index is 12.8. The van der Waals surface area contributed by atoms with Crippen molar-refractivity contribution in [1.29, 1.82) is 0 Å². The van der Waals surface area contributed by atoms with Gasteiger partial charge in [-0.25, -0.2) is 0 Å². The first-order valence-corrected chi connectivity index (χ1v) is 8.77. The van der Waals surface area contributed by atoms with Crippen LogP contribution >= 0.6 is 0 Å².